The first-order valence-corrected chi connectivity index (χ1v) is 12.1. The van der Waals surface area contributed by atoms with Crippen LogP contribution >= 0.6 is 11.6 Å². The molecule has 30 heavy (non-hydrogen) atoms. The van der Waals surface area contributed by atoms with Gasteiger partial charge < -0.3 is 10.1 Å². The van der Waals surface area contributed by atoms with E-state index in [0.717, 1.165) is 29.6 Å². The van der Waals surface area contributed by atoms with E-state index in [1.807, 2.05) is 32.0 Å². The second kappa shape index (κ2) is 10.7. The zero-order valence-electron chi connectivity index (χ0n) is 17.8. The standard InChI is InChI=1S/C22H29ClN2O4S/c1-5-20(17-11-12-21(29-3)16(2)14-17)24-22(26)10-7-13-25(30(4,27)28)19-9-6-8-18(23)15-19/h6,8-9,11-12,14-15,20H,5,7,10,13H2,1-4H3,(H,24,26). The Labute approximate surface area is 184 Å². The summed E-state index contributed by atoms with van der Waals surface area (Å²) in [6, 6.07) is 12.4. The van der Waals surface area contributed by atoms with E-state index in [0.29, 0.717) is 17.1 Å². The molecule has 1 atom stereocenters. The fourth-order valence-electron chi connectivity index (χ4n) is 3.31. The highest BCUT2D eigenvalue weighted by Crippen LogP contribution is 2.25. The summed E-state index contributed by atoms with van der Waals surface area (Å²) in [6.07, 6.45) is 2.50. The Morgan fingerprint density at radius 2 is 1.97 bits per heavy atom. The van der Waals surface area contributed by atoms with Gasteiger partial charge in [-0.1, -0.05) is 36.7 Å². The number of benzene rings is 2. The smallest absolute Gasteiger partial charge is 0.232 e. The van der Waals surface area contributed by atoms with E-state index in [9.17, 15) is 13.2 Å². The normalized spacial score (nSPS) is 12.3. The largest absolute Gasteiger partial charge is 0.496 e. The molecule has 8 heteroatoms. The Balaban J connectivity index is 1.99. The number of halogens is 1. The molecule has 1 amide bonds. The number of hydrogen-bond acceptors (Lipinski definition) is 4. The molecule has 164 valence electrons. The number of carbonyl (C=O) groups is 1. The molecular weight excluding hydrogens is 424 g/mol. The van der Waals surface area contributed by atoms with Gasteiger partial charge >= 0.3 is 0 Å². The van der Waals surface area contributed by atoms with Crippen molar-refractivity contribution < 1.29 is 17.9 Å². The van der Waals surface area contributed by atoms with Crippen LogP contribution in [0.4, 0.5) is 5.69 Å². The summed E-state index contributed by atoms with van der Waals surface area (Å²) < 4.78 is 30.9. The lowest BCUT2D eigenvalue weighted by atomic mass is 10.0. The minimum absolute atomic E-state index is 0.110. The number of hydrogen-bond donors (Lipinski definition) is 1. The van der Waals surface area contributed by atoms with Crippen LogP contribution in [0.1, 0.15) is 43.4 Å². The molecule has 6 nitrogen and oxygen atoms in total. The average Bonchev–Trinajstić information content (AvgIpc) is 2.68. The van der Waals surface area contributed by atoms with Gasteiger partial charge in [0.25, 0.3) is 0 Å². The van der Waals surface area contributed by atoms with Gasteiger partial charge in [-0.2, -0.15) is 0 Å². The predicted octanol–water partition coefficient (Wildman–Crippen LogP) is 4.47. The van der Waals surface area contributed by atoms with E-state index in [4.69, 9.17) is 16.3 Å². The van der Waals surface area contributed by atoms with Crippen LogP contribution in [0.15, 0.2) is 42.5 Å². The zero-order chi connectivity index (χ0) is 22.3. The maximum atomic E-state index is 12.5. The number of nitrogens with zero attached hydrogens (tertiary/aromatic N) is 1. The van der Waals surface area contributed by atoms with Crippen LogP contribution in [0.3, 0.4) is 0 Å². The van der Waals surface area contributed by atoms with Crippen molar-refractivity contribution in [3.8, 4) is 5.75 Å². The van der Waals surface area contributed by atoms with Gasteiger partial charge in [0.15, 0.2) is 0 Å². The van der Waals surface area contributed by atoms with E-state index in [1.54, 1.807) is 31.4 Å². The Kier molecular flexibility index (Phi) is 8.55. The highest BCUT2D eigenvalue weighted by molar-refractivity contribution is 7.92. The fourth-order valence-corrected chi connectivity index (χ4v) is 4.45. The Morgan fingerprint density at radius 1 is 1.23 bits per heavy atom. The molecule has 0 saturated heterocycles. The average molecular weight is 453 g/mol. The zero-order valence-corrected chi connectivity index (χ0v) is 19.4. The first kappa shape index (κ1) is 24.0. The number of amides is 1. The molecule has 0 spiro atoms. The number of carbonyl (C=O) groups excluding carboxylic acids is 1. The van der Waals surface area contributed by atoms with E-state index in [1.165, 1.54) is 4.31 Å². The van der Waals surface area contributed by atoms with Gasteiger partial charge in [0, 0.05) is 18.0 Å². The summed E-state index contributed by atoms with van der Waals surface area (Å²) in [6.45, 7) is 4.17. The molecule has 0 fully saturated rings. The second-order valence-electron chi connectivity index (χ2n) is 7.18. The van der Waals surface area contributed by atoms with Crippen LogP contribution in [0.5, 0.6) is 5.75 Å². The Bertz CT molecular complexity index is 979. The van der Waals surface area contributed by atoms with Crippen LogP contribution in [-0.2, 0) is 14.8 Å². The maximum Gasteiger partial charge on any atom is 0.232 e. The first-order valence-electron chi connectivity index (χ1n) is 9.83. The first-order chi connectivity index (χ1) is 14.2. The summed E-state index contributed by atoms with van der Waals surface area (Å²) in [5.41, 5.74) is 2.51. The summed E-state index contributed by atoms with van der Waals surface area (Å²) in [4.78, 5) is 12.5. The van der Waals surface area contributed by atoms with Crippen molar-refractivity contribution in [2.45, 2.75) is 39.2 Å². The third kappa shape index (κ3) is 6.64. The Hall–Kier alpha value is -2.25. The van der Waals surface area contributed by atoms with Gasteiger partial charge in [-0.15, -0.1) is 0 Å². The second-order valence-corrected chi connectivity index (χ2v) is 9.52. The number of rotatable bonds is 10. The summed E-state index contributed by atoms with van der Waals surface area (Å²) >= 11 is 5.99. The number of sulfonamides is 1. The molecule has 0 aliphatic carbocycles. The van der Waals surface area contributed by atoms with E-state index in [2.05, 4.69) is 5.32 Å². The van der Waals surface area contributed by atoms with Gasteiger partial charge in [-0.05, 0) is 55.2 Å². The third-order valence-corrected chi connectivity index (χ3v) is 6.26. The highest BCUT2D eigenvalue weighted by atomic mass is 35.5. The lowest BCUT2D eigenvalue weighted by molar-refractivity contribution is -0.121. The summed E-state index contributed by atoms with van der Waals surface area (Å²) in [5.74, 6) is 0.691. The molecular formula is C22H29ClN2O4S. The maximum absolute atomic E-state index is 12.5. The van der Waals surface area contributed by atoms with Crippen LogP contribution in [-0.4, -0.2) is 34.2 Å². The predicted molar refractivity (Wildman–Crippen MR) is 122 cm³/mol. The number of anilines is 1. The van der Waals surface area contributed by atoms with Crippen molar-refractivity contribution in [1.29, 1.82) is 0 Å². The number of nitrogens with one attached hydrogen (secondary N) is 1. The van der Waals surface area contributed by atoms with Crippen molar-refractivity contribution in [3.63, 3.8) is 0 Å². The lowest BCUT2D eigenvalue weighted by Gasteiger charge is -2.23. The molecule has 0 saturated carbocycles. The molecule has 0 heterocycles. The van der Waals surface area contributed by atoms with Gasteiger partial charge in [-0.25, -0.2) is 8.42 Å². The van der Waals surface area contributed by atoms with E-state index >= 15 is 0 Å². The molecule has 0 aliphatic rings. The fraction of sp³-hybridized carbons (Fsp3) is 0.409. The SMILES string of the molecule is CCC(NC(=O)CCCN(c1cccc(Cl)c1)S(C)(=O)=O)c1ccc(OC)c(C)c1. The highest BCUT2D eigenvalue weighted by Gasteiger charge is 2.19. The van der Waals surface area contributed by atoms with Crippen LogP contribution < -0.4 is 14.4 Å². The van der Waals surface area contributed by atoms with E-state index in [-0.39, 0.29) is 24.9 Å². The molecule has 0 aliphatic heterocycles. The minimum Gasteiger partial charge on any atom is -0.496 e. The molecule has 1 N–H and O–H groups in total. The van der Waals surface area contributed by atoms with E-state index < -0.39 is 10.0 Å². The monoisotopic (exact) mass is 452 g/mol. The molecule has 0 bridgehead atoms. The van der Waals surface area contributed by atoms with Crippen molar-refractivity contribution >= 4 is 33.2 Å². The van der Waals surface area contributed by atoms with Crippen LogP contribution in [0.2, 0.25) is 5.02 Å². The van der Waals surface area contributed by atoms with Gasteiger partial charge in [0.1, 0.15) is 5.75 Å². The molecule has 2 rings (SSSR count). The van der Waals surface area contributed by atoms with Crippen LogP contribution in [0, 0.1) is 6.92 Å². The van der Waals surface area contributed by atoms with Gasteiger partial charge in [0.05, 0.1) is 25.1 Å². The van der Waals surface area contributed by atoms with Crippen molar-refractivity contribution in [1.82, 2.24) is 5.32 Å². The van der Waals surface area contributed by atoms with Crippen molar-refractivity contribution in [2.75, 3.05) is 24.2 Å². The number of methoxy groups -OCH3 is 1. The molecule has 2 aromatic rings. The number of ether oxygens (including phenoxy) is 1. The van der Waals surface area contributed by atoms with Gasteiger partial charge in [-0.3, -0.25) is 9.10 Å². The molecule has 1 unspecified atom stereocenters. The van der Waals surface area contributed by atoms with Crippen molar-refractivity contribution in [3.05, 3.63) is 58.6 Å². The summed E-state index contributed by atoms with van der Waals surface area (Å²) in [5, 5.41) is 3.50. The molecule has 2 aromatic carbocycles. The summed E-state index contributed by atoms with van der Waals surface area (Å²) in [7, 11) is -1.85. The lowest BCUT2D eigenvalue weighted by Crippen LogP contribution is -2.33. The molecule has 0 aromatic heterocycles. The molecule has 0 radical (unpaired) electrons. The number of aryl methyl sites for hydroxylation is 1. The third-order valence-electron chi connectivity index (χ3n) is 4.83. The van der Waals surface area contributed by atoms with Crippen LogP contribution in [0.25, 0.3) is 0 Å². The van der Waals surface area contributed by atoms with Gasteiger partial charge in [0.2, 0.25) is 15.9 Å². The Morgan fingerprint density at radius 3 is 2.53 bits per heavy atom. The quantitative estimate of drug-likeness (QED) is 0.577. The van der Waals surface area contributed by atoms with Crippen molar-refractivity contribution in [2.24, 2.45) is 0 Å². The minimum atomic E-state index is -3.48. The topological polar surface area (TPSA) is 75.7 Å².